The fourth-order valence-electron chi connectivity index (χ4n) is 7.76. The number of hydrogen-bond donors (Lipinski definition) is 0. The summed E-state index contributed by atoms with van der Waals surface area (Å²) in [6, 6.07) is 13.4. The van der Waals surface area contributed by atoms with Crippen LogP contribution >= 0.6 is 0 Å². The second kappa shape index (κ2) is 19.2. The smallest absolute Gasteiger partial charge is 0.200 e. The van der Waals surface area contributed by atoms with Crippen LogP contribution in [-0.4, -0.2) is 74.0 Å². The third-order valence-corrected chi connectivity index (χ3v) is 21.3. The summed E-state index contributed by atoms with van der Waals surface area (Å²) in [7, 11) is -2.84. The first kappa shape index (κ1) is 40.3. The minimum Gasteiger partial charge on any atom is -0.410 e. The number of rotatable bonds is 20. The predicted molar refractivity (Wildman–Crippen MR) is 189 cm³/mol. The number of carbonyl (C=O) groups excluding carboxylic acids is 1. The highest BCUT2D eigenvalue weighted by molar-refractivity contribution is 6.77. The van der Waals surface area contributed by atoms with Crippen molar-refractivity contribution in [2.45, 2.75) is 154 Å². The van der Waals surface area contributed by atoms with Crippen LogP contribution in [0.15, 0.2) is 30.3 Å². The molecule has 0 aliphatic carbocycles. The van der Waals surface area contributed by atoms with Crippen LogP contribution in [-0.2, 0) is 39.2 Å². The Bertz CT molecular complexity index is 926. The van der Waals surface area contributed by atoms with Gasteiger partial charge in [0.15, 0.2) is 8.32 Å². The van der Waals surface area contributed by atoms with E-state index in [2.05, 4.69) is 88.3 Å². The average molecular weight is 667 g/mol. The Labute approximate surface area is 277 Å². The van der Waals surface area contributed by atoms with Crippen LogP contribution in [0.3, 0.4) is 0 Å². The van der Waals surface area contributed by atoms with Gasteiger partial charge in [-0.2, -0.15) is 0 Å². The zero-order chi connectivity index (χ0) is 33.8. The first-order chi connectivity index (χ1) is 21.4. The standard InChI is InChI=1S/C36H66O7Si2/c1-13-44(14-2,15-3)42-36-33(29(10)21-22-37)41-32(24-39-25-38-12)34(43-45(26(4)5,27(6)7)28(8)9)30(11)35(36)40-23-31-19-17-16-18-20-31/h16-20,22,26-30,32-36H,13-15,21,23-25H2,1-12H3/t29-,30+,32-,33+,34+,35-,36+/m0/s1. The quantitative estimate of drug-likeness (QED) is 0.0596. The summed E-state index contributed by atoms with van der Waals surface area (Å²) >= 11 is 0. The van der Waals surface area contributed by atoms with Crippen molar-refractivity contribution in [1.29, 1.82) is 0 Å². The maximum Gasteiger partial charge on any atom is 0.200 e. The molecule has 0 radical (unpaired) electrons. The van der Waals surface area contributed by atoms with Crippen LogP contribution < -0.4 is 0 Å². The molecule has 1 aromatic rings. The molecular weight excluding hydrogens is 601 g/mol. The Morgan fingerprint density at radius 2 is 1.42 bits per heavy atom. The van der Waals surface area contributed by atoms with Crippen molar-refractivity contribution < 1.29 is 32.6 Å². The largest absolute Gasteiger partial charge is 0.410 e. The molecule has 9 heteroatoms. The Morgan fingerprint density at radius 3 is 1.91 bits per heavy atom. The van der Waals surface area contributed by atoms with Gasteiger partial charge in [0, 0.05) is 19.4 Å². The Morgan fingerprint density at radius 1 is 0.844 bits per heavy atom. The van der Waals surface area contributed by atoms with Crippen LogP contribution in [0.1, 0.15) is 88.1 Å². The van der Waals surface area contributed by atoms with Gasteiger partial charge in [0.1, 0.15) is 19.2 Å². The fourth-order valence-corrected chi connectivity index (χ4v) is 16.3. The second-order valence-corrected chi connectivity index (χ2v) is 24.3. The van der Waals surface area contributed by atoms with E-state index >= 15 is 0 Å². The van der Waals surface area contributed by atoms with Crippen LogP contribution in [0, 0.1) is 11.8 Å². The molecule has 0 unspecified atom stereocenters. The second-order valence-electron chi connectivity index (χ2n) is 14.1. The van der Waals surface area contributed by atoms with Crippen molar-refractivity contribution in [3.8, 4) is 0 Å². The van der Waals surface area contributed by atoms with E-state index < -0.39 is 16.6 Å². The summed E-state index contributed by atoms with van der Waals surface area (Å²) in [5.74, 6) is -0.144. The highest BCUT2D eigenvalue weighted by atomic mass is 28.4. The lowest BCUT2D eigenvalue weighted by atomic mass is 9.87. The van der Waals surface area contributed by atoms with Gasteiger partial charge < -0.3 is 32.6 Å². The van der Waals surface area contributed by atoms with Crippen LogP contribution in [0.25, 0.3) is 0 Å². The van der Waals surface area contributed by atoms with Gasteiger partial charge in [0.2, 0.25) is 8.32 Å². The lowest BCUT2D eigenvalue weighted by Crippen LogP contribution is -2.56. The monoisotopic (exact) mass is 666 g/mol. The molecule has 0 bridgehead atoms. The van der Waals surface area contributed by atoms with Crippen LogP contribution in [0.2, 0.25) is 34.8 Å². The maximum absolute atomic E-state index is 12.0. The van der Waals surface area contributed by atoms with Gasteiger partial charge in [0.25, 0.3) is 0 Å². The van der Waals surface area contributed by atoms with E-state index in [1.165, 1.54) is 0 Å². The molecule has 1 heterocycles. The minimum absolute atomic E-state index is 0.0660. The van der Waals surface area contributed by atoms with Crippen molar-refractivity contribution in [2.24, 2.45) is 11.8 Å². The van der Waals surface area contributed by atoms with Crippen LogP contribution in [0.4, 0.5) is 0 Å². The third-order valence-electron chi connectivity index (χ3n) is 10.5. The molecule has 0 aromatic heterocycles. The maximum atomic E-state index is 12.0. The summed E-state index contributed by atoms with van der Waals surface area (Å²) in [6.45, 7) is 26.0. The molecule has 1 aliphatic rings. The first-order valence-electron chi connectivity index (χ1n) is 17.5. The fraction of sp³-hybridized carbons (Fsp3) is 0.806. The topological polar surface area (TPSA) is 72.5 Å². The SMILES string of the molecule is CC[Si](CC)(CC)O[C@H]1[C@@H](OCc2ccccc2)[C@H](C)[C@@H](O[Si](C(C)C)(C(C)C)C(C)C)[C@H](COCOC)O[C@@H]1[C@@H](C)CC=O. The Balaban J connectivity index is 2.80. The minimum atomic E-state index is -2.35. The molecule has 45 heavy (non-hydrogen) atoms. The van der Waals surface area contributed by atoms with Gasteiger partial charge in [0.05, 0.1) is 37.6 Å². The summed E-state index contributed by atoms with van der Waals surface area (Å²) in [4.78, 5) is 12.0. The van der Waals surface area contributed by atoms with E-state index in [-0.39, 0.29) is 49.1 Å². The van der Waals surface area contributed by atoms with Crippen molar-refractivity contribution in [2.75, 3.05) is 20.5 Å². The van der Waals surface area contributed by atoms with Gasteiger partial charge in [-0.25, -0.2) is 0 Å². The average Bonchev–Trinajstić information content (AvgIpc) is 3.11. The van der Waals surface area contributed by atoms with E-state index in [0.29, 0.717) is 36.3 Å². The molecule has 7 atom stereocenters. The molecule has 0 spiro atoms. The molecule has 0 amide bonds. The molecule has 0 saturated carbocycles. The molecule has 0 N–H and O–H groups in total. The number of benzene rings is 1. The molecule has 7 nitrogen and oxygen atoms in total. The van der Waals surface area contributed by atoms with E-state index in [0.717, 1.165) is 30.0 Å². The van der Waals surface area contributed by atoms with Gasteiger partial charge in [-0.05, 0) is 46.2 Å². The number of carbonyl (C=O) groups is 1. The zero-order valence-electron chi connectivity index (χ0n) is 30.5. The van der Waals surface area contributed by atoms with Crippen molar-refractivity contribution in [3.63, 3.8) is 0 Å². The van der Waals surface area contributed by atoms with Crippen molar-refractivity contribution in [3.05, 3.63) is 35.9 Å². The van der Waals surface area contributed by atoms with Gasteiger partial charge >= 0.3 is 0 Å². The Hall–Kier alpha value is -0.916. The van der Waals surface area contributed by atoms with Crippen LogP contribution in [0.5, 0.6) is 0 Å². The normalized spacial score (nSPS) is 25.6. The highest BCUT2D eigenvalue weighted by Gasteiger charge is 2.54. The molecule has 2 rings (SSSR count). The van der Waals surface area contributed by atoms with E-state index in [4.69, 9.17) is 27.8 Å². The number of methoxy groups -OCH3 is 1. The summed E-state index contributed by atoms with van der Waals surface area (Å²) in [5, 5.41) is 0. The Kier molecular flexibility index (Phi) is 17.2. The molecule has 260 valence electrons. The lowest BCUT2D eigenvalue weighted by Gasteiger charge is -2.47. The molecular formula is C36H66O7Si2. The van der Waals surface area contributed by atoms with Gasteiger partial charge in [-0.1, -0.05) is 106 Å². The van der Waals surface area contributed by atoms with Gasteiger partial charge in [-0.3, -0.25) is 0 Å². The lowest BCUT2D eigenvalue weighted by molar-refractivity contribution is -0.156. The first-order valence-corrected chi connectivity index (χ1v) is 22.2. The van der Waals surface area contributed by atoms with Crippen molar-refractivity contribution in [1.82, 2.24) is 0 Å². The summed E-state index contributed by atoms with van der Waals surface area (Å²) in [6.07, 6.45) is -0.316. The predicted octanol–water partition coefficient (Wildman–Crippen LogP) is 8.77. The van der Waals surface area contributed by atoms with E-state index in [1.807, 2.05) is 18.2 Å². The van der Waals surface area contributed by atoms with E-state index in [9.17, 15) is 4.79 Å². The zero-order valence-corrected chi connectivity index (χ0v) is 32.5. The molecule has 1 aromatic carbocycles. The number of aldehydes is 1. The highest BCUT2D eigenvalue weighted by Crippen LogP contribution is 2.46. The molecule has 1 saturated heterocycles. The van der Waals surface area contributed by atoms with E-state index in [1.54, 1.807) is 7.11 Å². The summed E-state index contributed by atoms with van der Waals surface area (Å²) < 4.78 is 40.6. The third kappa shape index (κ3) is 10.0. The van der Waals surface area contributed by atoms with Gasteiger partial charge in [-0.15, -0.1) is 0 Å². The molecule has 1 fully saturated rings. The molecule has 1 aliphatic heterocycles. The summed E-state index contributed by atoms with van der Waals surface area (Å²) in [5.41, 5.74) is 2.31. The van der Waals surface area contributed by atoms with Crippen molar-refractivity contribution >= 4 is 22.9 Å². The number of hydrogen-bond acceptors (Lipinski definition) is 7. The number of ether oxygens (including phenoxy) is 4.